The van der Waals surface area contributed by atoms with E-state index in [1.54, 1.807) is 0 Å². The highest BCUT2D eigenvalue weighted by molar-refractivity contribution is 5.49. The van der Waals surface area contributed by atoms with Crippen molar-refractivity contribution >= 4 is 0 Å². The van der Waals surface area contributed by atoms with Crippen molar-refractivity contribution in [3.63, 3.8) is 0 Å². The van der Waals surface area contributed by atoms with Gasteiger partial charge in [0.25, 0.3) is 0 Å². The van der Waals surface area contributed by atoms with Gasteiger partial charge in [0.2, 0.25) is 0 Å². The Balaban J connectivity index is 1.74. The van der Waals surface area contributed by atoms with Crippen molar-refractivity contribution in [3.05, 3.63) is 41.5 Å². The number of para-hydroxylation sites is 1. The summed E-state index contributed by atoms with van der Waals surface area (Å²) in [6.07, 6.45) is 6.28. The van der Waals surface area contributed by atoms with E-state index in [1.807, 2.05) is 26.0 Å². The van der Waals surface area contributed by atoms with E-state index in [2.05, 4.69) is 49.0 Å². The average Bonchev–Trinajstić information content (AvgIpc) is 3.19. The first-order valence-electron chi connectivity index (χ1n) is 10.8. The number of aliphatic hydroxyl groups is 2. The van der Waals surface area contributed by atoms with Crippen molar-refractivity contribution in [2.45, 2.75) is 63.8 Å². The molecule has 4 nitrogen and oxygen atoms in total. The summed E-state index contributed by atoms with van der Waals surface area (Å²) in [5.74, 6) is 7.13. The molecule has 1 heterocycles. The van der Waals surface area contributed by atoms with Crippen LogP contribution < -0.4 is 4.74 Å². The van der Waals surface area contributed by atoms with Crippen molar-refractivity contribution in [2.24, 2.45) is 11.8 Å². The summed E-state index contributed by atoms with van der Waals surface area (Å²) in [4.78, 5) is 2.20. The number of fused-ring (bicyclic) bond motifs is 3. The molecule has 158 valence electrons. The van der Waals surface area contributed by atoms with Crippen LogP contribution in [0.4, 0.5) is 0 Å². The molecule has 2 aliphatic rings. The Labute approximate surface area is 175 Å². The van der Waals surface area contributed by atoms with Crippen LogP contribution in [0.2, 0.25) is 0 Å². The van der Waals surface area contributed by atoms with Crippen LogP contribution in [-0.2, 0) is 6.42 Å². The summed E-state index contributed by atoms with van der Waals surface area (Å²) in [5, 5.41) is 21.1. The number of hydrogen-bond acceptors (Lipinski definition) is 4. The molecule has 3 rings (SSSR count). The Bertz CT molecular complexity index is 776. The zero-order chi connectivity index (χ0) is 21.0. The Kier molecular flexibility index (Phi) is 7.40. The SMILES string of the molecule is CC#CC[C@@H](C)[C@H](O)C=C[C@@H]1[C@H]2c3cccc(CCCN(C)C)c3O[C@H]2C[C@H]1O. The van der Waals surface area contributed by atoms with Crippen molar-refractivity contribution in [2.75, 3.05) is 20.6 Å². The van der Waals surface area contributed by atoms with Crippen LogP contribution in [0.5, 0.6) is 5.75 Å². The van der Waals surface area contributed by atoms with Crippen LogP contribution in [0.3, 0.4) is 0 Å². The first-order valence-corrected chi connectivity index (χ1v) is 10.8. The van der Waals surface area contributed by atoms with E-state index >= 15 is 0 Å². The van der Waals surface area contributed by atoms with Crippen LogP contribution in [0.25, 0.3) is 0 Å². The lowest BCUT2D eigenvalue weighted by atomic mass is 9.86. The Morgan fingerprint density at radius 3 is 2.86 bits per heavy atom. The van der Waals surface area contributed by atoms with Gasteiger partial charge >= 0.3 is 0 Å². The Morgan fingerprint density at radius 1 is 1.34 bits per heavy atom. The summed E-state index contributed by atoms with van der Waals surface area (Å²) in [7, 11) is 4.19. The van der Waals surface area contributed by atoms with Gasteiger partial charge in [0.05, 0.1) is 12.2 Å². The first kappa shape index (κ1) is 21.9. The maximum absolute atomic E-state index is 10.6. The van der Waals surface area contributed by atoms with Crippen molar-refractivity contribution < 1.29 is 14.9 Å². The standard InChI is InChI=1S/C25H35NO3/c1-5-6-9-17(2)21(27)14-13-19-22(28)16-23-24(19)20-12-7-10-18(25(20)29-23)11-8-15-26(3)4/h7,10,12-14,17,19,21-24,27-28H,8-9,11,15-16H2,1-4H3/t17-,19+,21-,22-,23+,24+/m1/s1. The van der Waals surface area contributed by atoms with Gasteiger partial charge in [-0.1, -0.05) is 37.3 Å². The normalized spacial score (nSPS) is 27.3. The number of ether oxygens (including phenoxy) is 1. The lowest BCUT2D eigenvalue weighted by Crippen LogP contribution is -2.19. The molecule has 4 heteroatoms. The molecule has 1 aromatic rings. The van der Waals surface area contributed by atoms with E-state index in [4.69, 9.17) is 4.74 Å². The molecule has 1 aromatic carbocycles. The molecule has 0 unspecified atom stereocenters. The summed E-state index contributed by atoms with van der Waals surface area (Å²) in [5.41, 5.74) is 2.48. The molecule has 2 N–H and O–H groups in total. The van der Waals surface area contributed by atoms with Crippen molar-refractivity contribution in [1.82, 2.24) is 4.90 Å². The summed E-state index contributed by atoms with van der Waals surface area (Å²) < 4.78 is 6.34. The second-order valence-corrected chi connectivity index (χ2v) is 8.79. The van der Waals surface area contributed by atoms with E-state index in [0.29, 0.717) is 12.8 Å². The Morgan fingerprint density at radius 2 is 2.14 bits per heavy atom. The molecule has 0 spiro atoms. The predicted molar refractivity (Wildman–Crippen MR) is 117 cm³/mol. The van der Waals surface area contributed by atoms with Crippen LogP contribution in [-0.4, -0.2) is 54.1 Å². The molecule has 0 aromatic heterocycles. The van der Waals surface area contributed by atoms with Gasteiger partial charge < -0.3 is 19.8 Å². The molecule has 1 aliphatic heterocycles. The van der Waals surface area contributed by atoms with E-state index in [-0.39, 0.29) is 23.9 Å². The van der Waals surface area contributed by atoms with Crippen molar-refractivity contribution in [1.29, 1.82) is 0 Å². The second-order valence-electron chi connectivity index (χ2n) is 8.79. The zero-order valence-electron chi connectivity index (χ0n) is 18.1. The molecule has 0 bridgehead atoms. The maximum Gasteiger partial charge on any atom is 0.126 e. The molecule has 1 aliphatic carbocycles. The highest BCUT2D eigenvalue weighted by Crippen LogP contribution is 2.52. The lowest BCUT2D eigenvalue weighted by molar-refractivity contribution is 0.134. The van der Waals surface area contributed by atoms with E-state index in [9.17, 15) is 10.2 Å². The summed E-state index contributed by atoms with van der Waals surface area (Å²) in [6, 6.07) is 6.42. The molecule has 0 radical (unpaired) electrons. The summed E-state index contributed by atoms with van der Waals surface area (Å²) in [6.45, 7) is 4.87. The third-order valence-corrected chi connectivity index (χ3v) is 6.25. The van der Waals surface area contributed by atoms with Gasteiger partial charge in [-0.05, 0) is 51.9 Å². The van der Waals surface area contributed by atoms with Gasteiger partial charge in [-0.25, -0.2) is 0 Å². The summed E-state index contributed by atoms with van der Waals surface area (Å²) >= 11 is 0. The van der Waals surface area contributed by atoms with Gasteiger partial charge in [0.1, 0.15) is 11.9 Å². The molecular formula is C25H35NO3. The van der Waals surface area contributed by atoms with E-state index in [0.717, 1.165) is 25.1 Å². The second kappa shape index (κ2) is 9.80. The maximum atomic E-state index is 10.6. The smallest absolute Gasteiger partial charge is 0.126 e. The van der Waals surface area contributed by atoms with Crippen LogP contribution in [0.1, 0.15) is 50.2 Å². The largest absolute Gasteiger partial charge is 0.489 e. The number of benzene rings is 1. The molecule has 6 atom stereocenters. The number of hydrogen-bond donors (Lipinski definition) is 2. The number of rotatable bonds is 8. The molecule has 0 amide bonds. The minimum Gasteiger partial charge on any atom is -0.489 e. The van der Waals surface area contributed by atoms with Gasteiger partial charge in [-0.3, -0.25) is 0 Å². The third kappa shape index (κ3) is 5.04. The fraction of sp³-hybridized carbons (Fsp3) is 0.600. The van der Waals surface area contributed by atoms with E-state index < -0.39 is 12.2 Å². The topological polar surface area (TPSA) is 52.9 Å². The van der Waals surface area contributed by atoms with Crippen LogP contribution in [0.15, 0.2) is 30.4 Å². The minimum atomic E-state index is -0.554. The van der Waals surface area contributed by atoms with Crippen LogP contribution in [0, 0.1) is 23.7 Å². The quantitative estimate of drug-likeness (QED) is 0.522. The lowest BCUT2D eigenvalue weighted by Gasteiger charge is -2.19. The zero-order valence-corrected chi connectivity index (χ0v) is 18.1. The highest BCUT2D eigenvalue weighted by atomic mass is 16.5. The van der Waals surface area contributed by atoms with E-state index in [1.165, 1.54) is 11.1 Å². The molecular weight excluding hydrogens is 362 g/mol. The fourth-order valence-electron chi connectivity index (χ4n) is 4.57. The minimum absolute atomic E-state index is 0.0187. The molecule has 1 saturated carbocycles. The molecule has 0 saturated heterocycles. The number of aryl methyl sites for hydroxylation is 1. The van der Waals surface area contributed by atoms with Gasteiger partial charge in [-0.2, -0.15) is 0 Å². The third-order valence-electron chi connectivity index (χ3n) is 6.25. The fourth-order valence-corrected chi connectivity index (χ4v) is 4.57. The van der Waals surface area contributed by atoms with Gasteiger partial charge in [0, 0.05) is 30.2 Å². The first-order chi connectivity index (χ1) is 13.9. The monoisotopic (exact) mass is 397 g/mol. The number of aliphatic hydroxyl groups excluding tert-OH is 2. The van der Waals surface area contributed by atoms with Gasteiger partial charge in [-0.15, -0.1) is 11.8 Å². The van der Waals surface area contributed by atoms with Gasteiger partial charge in [0.15, 0.2) is 0 Å². The van der Waals surface area contributed by atoms with Crippen molar-refractivity contribution in [3.8, 4) is 17.6 Å². The highest BCUT2D eigenvalue weighted by Gasteiger charge is 2.48. The van der Waals surface area contributed by atoms with Crippen LogP contribution >= 0.6 is 0 Å². The molecule has 1 fully saturated rings. The number of nitrogens with zero attached hydrogens (tertiary/aromatic N) is 1. The molecule has 29 heavy (non-hydrogen) atoms. The Hall–Kier alpha value is -1.80. The predicted octanol–water partition coefficient (Wildman–Crippen LogP) is 3.37. The average molecular weight is 398 g/mol.